The van der Waals surface area contributed by atoms with Crippen LogP contribution in [0, 0.1) is 0 Å². The fraction of sp³-hybridized carbons (Fsp3) is 0.235. The van der Waals surface area contributed by atoms with Crippen LogP contribution in [0.15, 0.2) is 102 Å². The van der Waals surface area contributed by atoms with E-state index in [9.17, 15) is 19.2 Å². The summed E-state index contributed by atoms with van der Waals surface area (Å²) in [7, 11) is 0. The van der Waals surface area contributed by atoms with Gasteiger partial charge in [-0.15, -0.1) is 23.1 Å². The molecule has 45 heavy (non-hydrogen) atoms. The molecule has 1 aliphatic rings. The van der Waals surface area contributed by atoms with E-state index in [1.54, 1.807) is 30.5 Å². The lowest BCUT2D eigenvalue weighted by atomic mass is 9.95. The lowest BCUT2D eigenvalue weighted by molar-refractivity contribution is -0.206. The van der Waals surface area contributed by atoms with E-state index in [1.807, 2.05) is 78.2 Å². The van der Waals surface area contributed by atoms with Crippen molar-refractivity contribution in [2.24, 2.45) is 0 Å². The fourth-order valence-corrected chi connectivity index (χ4v) is 6.53. The molecule has 0 radical (unpaired) electrons. The smallest absolute Gasteiger partial charge is 0.334 e. The molecule has 1 aromatic heterocycles. The molecule has 2 amide bonds. The number of benzene rings is 3. The Labute approximate surface area is 269 Å². The number of likely N-dealkylation sites (tertiary alicyclic amines) is 1. The molecule has 1 N–H and O–H groups in total. The molecule has 3 atom stereocenters. The second-order valence-electron chi connectivity index (χ2n) is 10.3. The largest absolute Gasteiger partial charge is 0.489 e. The van der Waals surface area contributed by atoms with Gasteiger partial charge in [0.2, 0.25) is 17.0 Å². The first-order valence-corrected chi connectivity index (χ1v) is 16.3. The third kappa shape index (κ3) is 7.38. The molecule has 0 bridgehead atoms. The predicted molar refractivity (Wildman–Crippen MR) is 171 cm³/mol. The number of carbonyl (C=O) groups excluding carboxylic acids is 4. The van der Waals surface area contributed by atoms with Crippen LogP contribution in [-0.4, -0.2) is 46.0 Å². The molecule has 5 rings (SSSR count). The van der Waals surface area contributed by atoms with Crippen LogP contribution in [0.5, 0.6) is 5.75 Å². The zero-order valence-electron chi connectivity index (χ0n) is 24.7. The highest BCUT2D eigenvalue weighted by atomic mass is 32.2. The lowest BCUT2D eigenvalue weighted by Crippen LogP contribution is -2.80. The van der Waals surface area contributed by atoms with Crippen molar-refractivity contribution in [3.63, 3.8) is 0 Å². The van der Waals surface area contributed by atoms with Crippen molar-refractivity contribution in [3.8, 4) is 5.75 Å². The Bertz CT molecular complexity index is 1620. The normalized spacial score (nSPS) is 18.0. The Morgan fingerprint density at radius 2 is 1.56 bits per heavy atom. The van der Waals surface area contributed by atoms with E-state index in [4.69, 9.17) is 14.2 Å². The predicted octanol–water partition coefficient (Wildman–Crippen LogP) is 5.26. The maximum Gasteiger partial charge on any atom is 0.334 e. The first-order chi connectivity index (χ1) is 21.8. The molecule has 0 saturated carbocycles. The number of amides is 2. The van der Waals surface area contributed by atoms with Crippen molar-refractivity contribution in [3.05, 3.63) is 124 Å². The van der Waals surface area contributed by atoms with Crippen LogP contribution >= 0.6 is 23.1 Å². The van der Waals surface area contributed by atoms with Gasteiger partial charge in [0, 0.05) is 11.8 Å². The van der Waals surface area contributed by atoms with Crippen LogP contribution in [0.2, 0.25) is 0 Å². The van der Waals surface area contributed by atoms with Crippen LogP contribution < -0.4 is 10.1 Å². The van der Waals surface area contributed by atoms with Gasteiger partial charge in [0.05, 0.1) is 6.42 Å². The van der Waals surface area contributed by atoms with Gasteiger partial charge in [0.15, 0.2) is 6.04 Å². The van der Waals surface area contributed by atoms with Gasteiger partial charge in [-0.1, -0.05) is 78.9 Å². The molecular weight excluding hydrogens is 613 g/mol. The van der Waals surface area contributed by atoms with Gasteiger partial charge in [-0.05, 0) is 46.5 Å². The van der Waals surface area contributed by atoms with Gasteiger partial charge in [0.25, 0.3) is 5.91 Å². The number of ether oxygens (including phenoxy) is 3. The highest BCUT2D eigenvalue weighted by Gasteiger charge is 2.67. The van der Waals surface area contributed by atoms with E-state index in [-0.39, 0.29) is 13.0 Å². The van der Waals surface area contributed by atoms with Gasteiger partial charge in [-0.25, -0.2) is 4.79 Å². The number of thioether (sulfide) groups is 1. The molecule has 232 valence electrons. The monoisotopic (exact) mass is 644 g/mol. The van der Waals surface area contributed by atoms with Crippen LogP contribution in [0.25, 0.3) is 0 Å². The van der Waals surface area contributed by atoms with Crippen molar-refractivity contribution in [2.75, 3.05) is 6.26 Å². The summed E-state index contributed by atoms with van der Waals surface area (Å²) in [5, 5.41) is 4.64. The number of nitrogens with one attached hydrogen (secondary N) is 1. The zero-order valence-corrected chi connectivity index (χ0v) is 26.3. The number of hydrogen-bond donors (Lipinski definition) is 1. The summed E-state index contributed by atoms with van der Waals surface area (Å²) >= 11 is 2.45. The molecule has 4 aromatic rings. The fourth-order valence-electron chi connectivity index (χ4n) is 4.97. The quantitative estimate of drug-likeness (QED) is 0.119. The highest BCUT2D eigenvalue weighted by molar-refractivity contribution is 8.00. The minimum atomic E-state index is -1.63. The standard InChI is InChI=1S/C34H32N2O7S2/c1-23(37)43-33-34(44-2,35-29(38)20-28-14-9-19-45-28)32(40)36(33)30(31(39)42-22-25-12-7-4-8-13-25)26-15-17-27(18-16-26)41-21-24-10-5-3-6-11-24/h3-19,30,33H,20-22H2,1-2H3,(H,35,38). The summed E-state index contributed by atoms with van der Waals surface area (Å²) in [5.74, 6) is -1.84. The van der Waals surface area contributed by atoms with Crippen LogP contribution in [0.3, 0.4) is 0 Å². The van der Waals surface area contributed by atoms with E-state index < -0.39 is 40.9 Å². The number of nitrogens with zero attached hydrogens (tertiary/aromatic N) is 1. The SMILES string of the molecule is CSC1(NC(=O)Cc2cccs2)C(=O)N(C(C(=O)OCc2ccccc2)c2ccc(OCc3ccccc3)cc2)C1OC(C)=O. The number of β-lactam (4-membered cyclic amide) rings is 1. The Kier molecular flexibility index (Phi) is 10.2. The topological polar surface area (TPSA) is 111 Å². The summed E-state index contributed by atoms with van der Waals surface area (Å²) in [6.07, 6.45) is 0.402. The van der Waals surface area contributed by atoms with Crippen molar-refractivity contribution >= 4 is 46.9 Å². The summed E-state index contributed by atoms with van der Waals surface area (Å²) in [6.45, 7) is 1.53. The summed E-state index contributed by atoms with van der Waals surface area (Å²) in [5.41, 5.74) is 2.18. The molecule has 3 aromatic carbocycles. The Hall–Kier alpha value is -4.61. The maximum absolute atomic E-state index is 14.0. The van der Waals surface area contributed by atoms with Crippen LogP contribution in [-0.2, 0) is 48.3 Å². The third-order valence-electron chi connectivity index (χ3n) is 7.16. The molecule has 2 heterocycles. The van der Waals surface area contributed by atoms with Crippen LogP contribution in [0.1, 0.15) is 34.5 Å². The second-order valence-corrected chi connectivity index (χ2v) is 12.3. The molecule has 1 aliphatic heterocycles. The number of rotatable bonds is 13. The van der Waals surface area contributed by atoms with Crippen molar-refractivity contribution in [2.45, 2.75) is 43.7 Å². The van der Waals surface area contributed by atoms with E-state index in [0.717, 1.165) is 32.7 Å². The number of thiophene rings is 1. The first-order valence-electron chi connectivity index (χ1n) is 14.2. The van der Waals surface area contributed by atoms with E-state index in [2.05, 4.69) is 5.32 Å². The van der Waals surface area contributed by atoms with Gasteiger partial charge in [-0.2, -0.15) is 0 Å². The highest BCUT2D eigenvalue weighted by Crippen LogP contribution is 2.46. The zero-order chi connectivity index (χ0) is 31.8. The molecule has 1 saturated heterocycles. The molecule has 11 heteroatoms. The van der Waals surface area contributed by atoms with Gasteiger partial charge < -0.3 is 19.5 Å². The summed E-state index contributed by atoms with van der Waals surface area (Å²) in [6, 6.07) is 28.0. The number of hydrogen-bond acceptors (Lipinski definition) is 9. The third-order valence-corrected chi connectivity index (χ3v) is 9.16. The van der Waals surface area contributed by atoms with Gasteiger partial charge in [0.1, 0.15) is 19.0 Å². The van der Waals surface area contributed by atoms with Gasteiger partial charge >= 0.3 is 11.9 Å². The van der Waals surface area contributed by atoms with Crippen LogP contribution in [0.4, 0.5) is 0 Å². The Morgan fingerprint density at radius 3 is 2.13 bits per heavy atom. The summed E-state index contributed by atoms with van der Waals surface area (Å²) < 4.78 is 17.2. The lowest BCUT2D eigenvalue weighted by Gasteiger charge is -2.55. The molecule has 1 fully saturated rings. The summed E-state index contributed by atoms with van der Waals surface area (Å²) in [4.78, 5) is 53.5. The minimum Gasteiger partial charge on any atom is -0.489 e. The average Bonchev–Trinajstić information content (AvgIpc) is 3.57. The average molecular weight is 645 g/mol. The first kappa shape index (κ1) is 31.8. The second kappa shape index (κ2) is 14.4. The Balaban J connectivity index is 1.42. The molecular formula is C34H32N2O7S2. The maximum atomic E-state index is 14.0. The van der Waals surface area contributed by atoms with E-state index >= 15 is 0 Å². The van der Waals surface area contributed by atoms with E-state index in [1.165, 1.54) is 18.3 Å². The molecule has 0 spiro atoms. The van der Waals surface area contributed by atoms with E-state index in [0.29, 0.717) is 17.9 Å². The molecule has 3 unspecified atom stereocenters. The van der Waals surface area contributed by atoms with Crippen molar-refractivity contribution < 1.29 is 33.4 Å². The number of carbonyl (C=O) groups is 4. The van der Waals surface area contributed by atoms with Gasteiger partial charge in [-0.3, -0.25) is 19.3 Å². The van der Waals surface area contributed by atoms with Crippen molar-refractivity contribution in [1.82, 2.24) is 10.2 Å². The number of esters is 2. The minimum absolute atomic E-state index is 0.0279. The van der Waals surface area contributed by atoms with Crippen molar-refractivity contribution in [1.29, 1.82) is 0 Å². The molecule has 9 nitrogen and oxygen atoms in total. The molecule has 0 aliphatic carbocycles. The Morgan fingerprint density at radius 1 is 0.911 bits per heavy atom.